The highest BCUT2D eigenvalue weighted by atomic mass is 16.6. The van der Waals surface area contributed by atoms with E-state index >= 15 is 0 Å². The second-order valence-corrected chi connectivity index (χ2v) is 5.51. The van der Waals surface area contributed by atoms with Crippen LogP contribution in [-0.4, -0.2) is 31.2 Å². The first-order chi connectivity index (χ1) is 9.19. The van der Waals surface area contributed by atoms with Gasteiger partial charge in [-0.25, -0.2) is 0 Å². The van der Waals surface area contributed by atoms with Crippen LogP contribution in [0, 0.1) is 5.92 Å². The molecule has 4 heteroatoms. The van der Waals surface area contributed by atoms with Gasteiger partial charge in [-0.05, 0) is 37.1 Å². The van der Waals surface area contributed by atoms with Gasteiger partial charge in [0.15, 0.2) is 5.78 Å². The van der Waals surface area contributed by atoms with Crippen LogP contribution in [0.3, 0.4) is 0 Å². The minimum Gasteiger partial charge on any atom is -0.399 e. The summed E-state index contributed by atoms with van der Waals surface area (Å²) in [6.45, 7) is 2.01. The number of ketones is 1. The summed E-state index contributed by atoms with van der Waals surface area (Å²) >= 11 is 0. The number of nitrogen functional groups attached to an aromatic ring is 1. The maximum atomic E-state index is 12.5. The summed E-state index contributed by atoms with van der Waals surface area (Å²) in [6.07, 6.45) is 2.47. The van der Waals surface area contributed by atoms with E-state index in [-0.39, 0.29) is 17.3 Å². The average Bonchev–Trinajstić information content (AvgIpc) is 2.87. The molecule has 102 valence electrons. The lowest BCUT2D eigenvalue weighted by Crippen LogP contribution is -2.42. The zero-order chi connectivity index (χ0) is 13.3. The lowest BCUT2D eigenvalue weighted by atomic mass is 9.81. The third-order valence-electron chi connectivity index (χ3n) is 4.13. The van der Waals surface area contributed by atoms with E-state index in [4.69, 9.17) is 15.2 Å². The van der Waals surface area contributed by atoms with Crippen LogP contribution in [0.25, 0.3) is 0 Å². The summed E-state index contributed by atoms with van der Waals surface area (Å²) in [5.41, 5.74) is 6.87. The summed E-state index contributed by atoms with van der Waals surface area (Å²) in [5, 5.41) is 0. The molecule has 0 saturated carbocycles. The van der Waals surface area contributed by atoms with E-state index in [0.29, 0.717) is 18.9 Å². The van der Waals surface area contributed by atoms with Crippen LogP contribution in [0.2, 0.25) is 0 Å². The zero-order valence-corrected chi connectivity index (χ0v) is 10.9. The van der Waals surface area contributed by atoms with E-state index in [9.17, 15) is 4.79 Å². The van der Waals surface area contributed by atoms with Crippen LogP contribution < -0.4 is 5.73 Å². The molecule has 19 heavy (non-hydrogen) atoms. The molecule has 1 aromatic carbocycles. The Morgan fingerprint density at radius 3 is 2.74 bits per heavy atom. The average molecular weight is 261 g/mol. The lowest BCUT2D eigenvalue weighted by molar-refractivity contribution is -0.0920. The quantitative estimate of drug-likeness (QED) is 0.653. The SMILES string of the molecule is Nc1ccc(C(=O)C2CCOC3(CCOC3)C2)cc1. The van der Waals surface area contributed by atoms with E-state index in [1.54, 1.807) is 12.1 Å². The van der Waals surface area contributed by atoms with Crippen LogP contribution >= 0.6 is 0 Å². The molecular weight excluding hydrogens is 242 g/mol. The molecule has 1 aromatic rings. The first-order valence-electron chi connectivity index (χ1n) is 6.80. The van der Waals surface area contributed by atoms with Crippen LogP contribution in [-0.2, 0) is 9.47 Å². The molecule has 2 aliphatic heterocycles. The van der Waals surface area contributed by atoms with Gasteiger partial charge in [-0.3, -0.25) is 4.79 Å². The lowest BCUT2D eigenvalue weighted by Gasteiger charge is -2.36. The zero-order valence-electron chi connectivity index (χ0n) is 10.9. The Labute approximate surface area is 112 Å². The Bertz CT molecular complexity index is 463. The van der Waals surface area contributed by atoms with Crippen molar-refractivity contribution in [2.75, 3.05) is 25.6 Å². The van der Waals surface area contributed by atoms with Gasteiger partial charge in [-0.15, -0.1) is 0 Å². The van der Waals surface area contributed by atoms with Crippen molar-refractivity contribution in [1.29, 1.82) is 0 Å². The Kier molecular flexibility index (Phi) is 3.29. The first-order valence-corrected chi connectivity index (χ1v) is 6.80. The Morgan fingerprint density at radius 2 is 2.05 bits per heavy atom. The molecule has 0 aliphatic carbocycles. The van der Waals surface area contributed by atoms with E-state index in [1.807, 2.05) is 12.1 Å². The molecule has 0 radical (unpaired) electrons. The minimum atomic E-state index is -0.216. The number of rotatable bonds is 2. The van der Waals surface area contributed by atoms with Gasteiger partial charge in [0, 0.05) is 36.8 Å². The highest BCUT2D eigenvalue weighted by molar-refractivity contribution is 5.98. The number of benzene rings is 1. The van der Waals surface area contributed by atoms with Crippen molar-refractivity contribution in [1.82, 2.24) is 0 Å². The number of ether oxygens (including phenoxy) is 2. The Morgan fingerprint density at radius 1 is 1.26 bits per heavy atom. The summed E-state index contributed by atoms with van der Waals surface area (Å²) in [7, 11) is 0. The number of hydrogen-bond donors (Lipinski definition) is 1. The van der Waals surface area contributed by atoms with Crippen LogP contribution in [0.4, 0.5) is 5.69 Å². The predicted molar refractivity (Wildman–Crippen MR) is 72.0 cm³/mol. The van der Waals surface area contributed by atoms with Crippen LogP contribution in [0.1, 0.15) is 29.6 Å². The predicted octanol–water partition coefficient (Wildman–Crippen LogP) is 2.04. The second kappa shape index (κ2) is 4.94. The van der Waals surface area contributed by atoms with E-state index < -0.39 is 0 Å². The second-order valence-electron chi connectivity index (χ2n) is 5.51. The highest BCUT2D eigenvalue weighted by Gasteiger charge is 2.42. The van der Waals surface area contributed by atoms with Crippen molar-refractivity contribution in [2.24, 2.45) is 5.92 Å². The number of carbonyl (C=O) groups excluding carboxylic acids is 1. The monoisotopic (exact) mass is 261 g/mol. The number of nitrogens with two attached hydrogens (primary N) is 1. The molecule has 2 fully saturated rings. The van der Waals surface area contributed by atoms with E-state index in [1.165, 1.54) is 0 Å². The molecule has 3 rings (SSSR count). The minimum absolute atomic E-state index is 0.0408. The van der Waals surface area contributed by atoms with Crippen molar-refractivity contribution >= 4 is 11.5 Å². The van der Waals surface area contributed by atoms with Crippen molar-refractivity contribution in [3.8, 4) is 0 Å². The molecular formula is C15H19NO3. The van der Waals surface area contributed by atoms with Gasteiger partial charge < -0.3 is 15.2 Å². The molecule has 0 bridgehead atoms. The van der Waals surface area contributed by atoms with Gasteiger partial charge in [-0.1, -0.05) is 0 Å². The van der Waals surface area contributed by atoms with E-state index in [2.05, 4.69) is 0 Å². The molecule has 2 aliphatic rings. The molecule has 2 N–H and O–H groups in total. The number of hydrogen-bond acceptors (Lipinski definition) is 4. The Balaban J connectivity index is 1.74. The van der Waals surface area contributed by atoms with Gasteiger partial charge in [0.05, 0.1) is 12.2 Å². The van der Waals surface area contributed by atoms with Crippen molar-refractivity contribution in [3.05, 3.63) is 29.8 Å². The fourth-order valence-electron chi connectivity index (χ4n) is 3.00. The normalized spacial score (nSPS) is 30.6. The maximum absolute atomic E-state index is 12.5. The van der Waals surface area contributed by atoms with Gasteiger partial charge in [0.1, 0.15) is 0 Å². The van der Waals surface area contributed by atoms with Crippen molar-refractivity contribution < 1.29 is 14.3 Å². The highest BCUT2D eigenvalue weighted by Crippen LogP contribution is 2.37. The smallest absolute Gasteiger partial charge is 0.166 e. The topological polar surface area (TPSA) is 61.6 Å². The van der Waals surface area contributed by atoms with Crippen molar-refractivity contribution in [2.45, 2.75) is 24.9 Å². The van der Waals surface area contributed by atoms with Crippen LogP contribution in [0.15, 0.2) is 24.3 Å². The fraction of sp³-hybridized carbons (Fsp3) is 0.533. The molecule has 2 heterocycles. The number of anilines is 1. The van der Waals surface area contributed by atoms with E-state index in [0.717, 1.165) is 31.4 Å². The van der Waals surface area contributed by atoms with Crippen molar-refractivity contribution in [3.63, 3.8) is 0 Å². The summed E-state index contributed by atoms with van der Waals surface area (Å²) in [4.78, 5) is 12.5. The standard InChI is InChI=1S/C15H19NO3/c16-13-3-1-11(2-4-13)14(17)12-5-7-19-15(9-12)6-8-18-10-15/h1-4,12H,5-10,16H2. The molecule has 2 atom stereocenters. The summed E-state index contributed by atoms with van der Waals surface area (Å²) in [6, 6.07) is 7.18. The first kappa shape index (κ1) is 12.6. The summed E-state index contributed by atoms with van der Waals surface area (Å²) < 4.78 is 11.3. The molecule has 4 nitrogen and oxygen atoms in total. The number of carbonyl (C=O) groups is 1. The van der Waals surface area contributed by atoms with Gasteiger partial charge in [0.2, 0.25) is 0 Å². The molecule has 1 spiro atoms. The van der Waals surface area contributed by atoms with Gasteiger partial charge in [0.25, 0.3) is 0 Å². The van der Waals surface area contributed by atoms with Crippen LogP contribution in [0.5, 0.6) is 0 Å². The summed E-state index contributed by atoms with van der Waals surface area (Å²) in [5.74, 6) is 0.244. The molecule has 2 unspecified atom stereocenters. The molecule has 2 saturated heterocycles. The Hall–Kier alpha value is -1.39. The third kappa shape index (κ3) is 2.51. The maximum Gasteiger partial charge on any atom is 0.166 e. The fourth-order valence-corrected chi connectivity index (χ4v) is 3.00. The molecule has 0 aromatic heterocycles. The molecule has 0 amide bonds. The van der Waals surface area contributed by atoms with Gasteiger partial charge >= 0.3 is 0 Å². The number of Topliss-reactive ketones (excluding diaryl/α,β-unsaturated/α-hetero) is 1. The third-order valence-corrected chi connectivity index (χ3v) is 4.13. The van der Waals surface area contributed by atoms with Gasteiger partial charge in [-0.2, -0.15) is 0 Å². The largest absolute Gasteiger partial charge is 0.399 e.